The highest BCUT2D eigenvalue weighted by Crippen LogP contribution is 2.29. The lowest BCUT2D eigenvalue weighted by molar-refractivity contribution is 0.390. The van der Waals surface area contributed by atoms with Crippen molar-refractivity contribution in [2.24, 2.45) is 0 Å². The number of para-hydroxylation sites is 1. The van der Waals surface area contributed by atoms with E-state index in [2.05, 4.69) is 44.5 Å². The van der Waals surface area contributed by atoms with Crippen molar-refractivity contribution >= 4 is 17.3 Å². The first-order valence-electron chi connectivity index (χ1n) is 10.3. The zero-order chi connectivity index (χ0) is 22.8. The van der Waals surface area contributed by atoms with Gasteiger partial charge in [-0.1, -0.05) is 60.2 Å². The largest absolute Gasteiger partial charge is 0.496 e. The van der Waals surface area contributed by atoms with Crippen LogP contribution >= 0.6 is 11.8 Å². The average molecular weight is 461 g/mol. The summed E-state index contributed by atoms with van der Waals surface area (Å²) in [6, 6.07) is 17.4. The van der Waals surface area contributed by atoms with E-state index in [1.165, 1.54) is 17.3 Å². The molecule has 0 aliphatic heterocycles. The van der Waals surface area contributed by atoms with Gasteiger partial charge in [-0.25, -0.2) is 9.61 Å². The van der Waals surface area contributed by atoms with Gasteiger partial charge in [-0.15, -0.1) is 5.10 Å². The first-order chi connectivity index (χ1) is 16.2. The second-order valence-electron chi connectivity index (χ2n) is 7.21. The van der Waals surface area contributed by atoms with E-state index < -0.39 is 0 Å². The minimum Gasteiger partial charge on any atom is -0.496 e. The first kappa shape index (κ1) is 21.0. The minimum absolute atomic E-state index is 0.306. The SMILES string of the molecule is CCc1ccc(-c2cc3c(=O)[nH]nc(SCc4nc(-c5ccccc5OC)no4)n3n2)cc1. The molecule has 0 saturated heterocycles. The molecule has 0 spiro atoms. The van der Waals surface area contributed by atoms with E-state index in [1.54, 1.807) is 17.7 Å². The van der Waals surface area contributed by atoms with Crippen molar-refractivity contribution in [1.29, 1.82) is 0 Å². The van der Waals surface area contributed by atoms with Gasteiger partial charge in [0.2, 0.25) is 16.9 Å². The third-order valence-electron chi connectivity index (χ3n) is 5.17. The minimum atomic E-state index is -0.306. The third-order valence-corrected chi connectivity index (χ3v) is 6.09. The van der Waals surface area contributed by atoms with Crippen LogP contribution < -0.4 is 10.3 Å². The molecule has 2 aromatic carbocycles. The molecule has 0 radical (unpaired) electrons. The highest BCUT2D eigenvalue weighted by Gasteiger charge is 2.16. The summed E-state index contributed by atoms with van der Waals surface area (Å²) in [6.07, 6.45) is 0.963. The molecule has 3 aromatic heterocycles. The number of hydrogen-bond donors (Lipinski definition) is 1. The van der Waals surface area contributed by atoms with Gasteiger partial charge in [0.05, 0.1) is 24.1 Å². The lowest BCUT2D eigenvalue weighted by Crippen LogP contribution is -2.13. The fourth-order valence-corrected chi connectivity index (χ4v) is 4.16. The Morgan fingerprint density at radius 2 is 1.97 bits per heavy atom. The van der Waals surface area contributed by atoms with Gasteiger partial charge in [0, 0.05) is 5.56 Å². The number of hydrogen-bond acceptors (Lipinski definition) is 8. The Kier molecular flexibility index (Phi) is 5.66. The molecule has 5 rings (SSSR count). The maximum Gasteiger partial charge on any atom is 0.290 e. The van der Waals surface area contributed by atoms with E-state index in [-0.39, 0.29) is 5.56 Å². The summed E-state index contributed by atoms with van der Waals surface area (Å²) in [4.78, 5) is 16.8. The Labute approximate surface area is 192 Å². The number of aryl methyl sites for hydroxylation is 1. The van der Waals surface area contributed by atoms with Crippen LogP contribution in [0.3, 0.4) is 0 Å². The van der Waals surface area contributed by atoms with Crippen LogP contribution in [-0.4, -0.2) is 37.1 Å². The van der Waals surface area contributed by atoms with Gasteiger partial charge in [0.25, 0.3) is 5.56 Å². The van der Waals surface area contributed by atoms with Crippen molar-refractivity contribution in [3.63, 3.8) is 0 Å². The second kappa shape index (κ2) is 8.91. The summed E-state index contributed by atoms with van der Waals surface area (Å²) in [7, 11) is 1.60. The molecule has 5 aromatic rings. The smallest absolute Gasteiger partial charge is 0.290 e. The van der Waals surface area contributed by atoms with E-state index in [0.29, 0.717) is 39.6 Å². The fraction of sp³-hybridized carbons (Fsp3) is 0.174. The van der Waals surface area contributed by atoms with E-state index in [4.69, 9.17) is 9.26 Å². The lowest BCUT2D eigenvalue weighted by Gasteiger charge is -2.03. The molecule has 166 valence electrons. The molecule has 3 heterocycles. The van der Waals surface area contributed by atoms with Crippen molar-refractivity contribution in [2.75, 3.05) is 7.11 Å². The van der Waals surface area contributed by atoms with E-state index in [0.717, 1.165) is 17.5 Å². The molecule has 0 atom stereocenters. The quantitative estimate of drug-likeness (QED) is 0.363. The topological polar surface area (TPSA) is 111 Å². The summed E-state index contributed by atoms with van der Waals surface area (Å²) >= 11 is 1.34. The number of aromatic amines is 1. The monoisotopic (exact) mass is 460 g/mol. The highest BCUT2D eigenvalue weighted by molar-refractivity contribution is 7.98. The Hall–Kier alpha value is -3.92. The molecular weight excluding hydrogens is 440 g/mol. The van der Waals surface area contributed by atoms with E-state index in [9.17, 15) is 4.79 Å². The van der Waals surface area contributed by atoms with Crippen LogP contribution in [-0.2, 0) is 12.2 Å². The molecule has 33 heavy (non-hydrogen) atoms. The normalized spacial score (nSPS) is 11.2. The summed E-state index contributed by atoms with van der Waals surface area (Å²) in [5.74, 6) is 1.89. The summed E-state index contributed by atoms with van der Waals surface area (Å²) in [5.41, 5.74) is 3.74. The zero-order valence-corrected chi connectivity index (χ0v) is 18.8. The number of H-pyrrole nitrogens is 1. The van der Waals surface area contributed by atoms with Crippen LogP contribution in [0.2, 0.25) is 0 Å². The molecule has 0 saturated carbocycles. The fourth-order valence-electron chi connectivity index (χ4n) is 3.42. The number of fused-ring (bicyclic) bond motifs is 1. The molecule has 0 fully saturated rings. The molecule has 1 N–H and O–H groups in total. The predicted octanol–water partition coefficient (Wildman–Crippen LogP) is 4.00. The van der Waals surface area contributed by atoms with Crippen molar-refractivity contribution in [3.8, 4) is 28.4 Å². The average Bonchev–Trinajstić information content (AvgIpc) is 3.52. The number of rotatable bonds is 7. The molecule has 0 unspecified atom stereocenters. The van der Waals surface area contributed by atoms with Gasteiger partial charge < -0.3 is 9.26 Å². The van der Waals surface area contributed by atoms with Crippen LogP contribution in [0.25, 0.3) is 28.2 Å². The van der Waals surface area contributed by atoms with Crippen molar-refractivity contribution in [1.82, 2.24) is 30.0 Å². The summed E-state index contributed by atoms with van der Waals surface area (Å²) in [6.45, 7) is 2.11. The number of thioether (sulfide) groups is 1. The summed E-state index contributed by atoms with van der Waals surface area (Å²) < 4.78 is 12.3. The molecule has 10 heteroatoms. The number of nitrogens with one attached hydrogen (secondary N) is 1. The van der Waals surface area contributed by atoms with E-state index >= 15 is 0 Å². The lowest BCUT2D eigenvalue weighted by atomic mass is 10.1. The van der Waals surface area contributed by atoms with Gasteiger partial charge in [0.1, 0.15) is 11.3 Å². The Balaban J connectivity index is 1.40. The maximum atomic E-state index is 12.3. The number of aromatic nitrogens is 6. The molecule has 0 aliphatic rings. The Bertz CT molecular complexity index is 1470. The third kappa shape index (κ3) is 4.12. The first-order valence-corrected chi connectivity index (χ1v) is 11.3. The van der Waals surface area contributed by atoms with Gasteiger partial charge in [-0.05, 0) is 30.2 Å². The standard InChI is InChI=1S/C23H20N6O3S/c1-3-14-8-10-15(11-9-14)17-12-18-22(30)25-26-23(29(18)27-17)33-13-20-24-21(28-32-20)16-6-4-5-7-19(16)31-2/h4-12H,3,13H2,1-2H3,(H,25,30). The van der Waals surface area contributed by atoms with Crippen LogP contribution in [0.4, 0.5) is 0 Å². The maximum absolute atomic E-state index is 12.3. The molecule has 0 bridgehead atoms. The summed E-state index contributed by atoms with van der Waals surface area (Å²) in [5, 5.41) is 15.9. The van der Waals surface area contributed by atoms with Crippen LogP contribution in [0.5, 0.6) is 5.75 Å². The van der Waals surface area contributed by atoms with Gasteiger partial charge in [-0.3, -0.25) is 4.79 Å². The molecule has 0 aliphatic carbocycles. The molecule has 0 amide bonds. The second-order valence-corrected chi connectivity index (χ2v) is 8.16. The van der Waals surface area contributed by atoms with E-state index in [1.807, 2.05) is 36.4 Å². The van der Waals surface area contributed by atoms with Crippen molar-refractivity contribution < 1.29 is 9.26 Å². The van der Waals surface area contributed by atoms with Gasteiger partial charge in [-0.2, -0.15) is 10.1 Å². The Morgan fingerprint density at radius 1 is 1.15 bits per heavy atom. The zero-order valence-electron chi connectivity index (χ0n) is 18.0. The van der Waals surface area contributed by atoms with Gasteiger partial charge >= 0.3 is 0 Å². The van der Waals surface area contributed by atoms with Crippen LogP contribution in [0, 0.1) is 0 Å². The predicted molar refractivity (Wildman–Crippen MR) is 124 cm³/mol. The van der Waals surface area contributed by atoms with Crippen LogP contribution in [0.15, 0.2) is 69.1 Å². The number of methoxy groups -OCH3 is 1. The van der Waals surface area contributed by atoms with Gasteiger partial charge in [0.15, 0.2) is 0 Å². The Morgan fingerprint density at radius 3 is 2.76 bits per heavy atom. The molecule has 9 nitrogen and oxygen atoms in total. The number of nitrogens with zero attached hydrogens (tertiary/aromatic N) is 5. The number of ether oxygens (including phenoxy) is 1. The highest BCUT2D eigenvalue weighted by atomic mass is 32.2. The van der Waals surface area contributed by atoms with Crippen molar-refractivity contribution in [3.05, 3.63) is 76.4 Å². The van der Waals surface area contributed by atoms with Crippen molar-refractivity contribution in [2.45, 2.75) is 24.3 Å². The number of benzene rings is 2. The molecular formula is C23H20N6O3S. The van der Waals surface area contributed by atoms with Crippen LogP contribution in [0.1, 0.15) is 18.4 Å².